The molecule has 0 unspecified atom stereocenters. The Balaban J connectivity index is 1.22. The molecule has 32 heavy (non-hydrogen) atoms. The SMILES string of the molecule is O=C(Nc1ccc(Oc2cc(-n3cccc3)ncn2)cc1)Nc1ccc2ccccc2c1. The smallest absolute Gasteiger partial charge is 0.323 e. The van der Waals surface area contributed by atoms with Crippen molar-refractivity contribution in [1.82, 2.24) is 14.5 Å². The standard InChI is InChI=1S/C25H19N5O2/c31-25(29-21-8-7-18-5-1-2-6-19(18)15-21)28-20-9-11-22(12-10-20)32-24-16-23(26-17-27-24)30-13-3-4-14-30/h1-17H,(H2,28,29,31). The maximum Gasteiger partial charge on any atom is 0.323 e. The van der Waals surface area contributed by atoms with Gasteiger partial charge in [0.05, 0.1) is 0 Å². The van der Waals surface area contributed by atoms with Gasteiger partial charge in [0.25, 0.3) is 0 Å². The van der Waals surface area contributed by atoms with Crippen molar-refractivity contribution in [2.45, 2.75) is 0 Å². The van der Waals surface area contributed by atoms with Gasteiger partial charge in [0, 0.05) is 29.8 Å². The van der Waals surface area contributed by atoms with Crippen LogP contribution in [0.4, 0.5) is 16.2 Å². The third kappa shape index (κ3) is 4.41. The predicted molar refractivity (Wildman–Crippen MR) is 124 cm³/mol. The highest BCUT2D eigenvalue weighted by Gasteiger charge is 2.06. The number of amides is 2. The summed E-state index contributed by atoms with van der Waals surface area (Å²) in [6.45, 7) is 0. The van der Waals surface area contributed by atoms with Gasteiger partial charge in [0.15, 0.2) is 0 Å². The highest BCUT2D eigenvalue weighted by Crippen LogP contribution is 2.23. The Hall–Kier alpha value is -4.65. The van der Waals surface area contributed by atoms with Gasteiger partial charge in [-0.1, -0.05) is 30.3 Å². The molecular formula is C25H19N5O2. The van der Waals surface area contributed by atoms with Crippen molar-refractivity contribution in [1.29, 1.82) is 0 Å². The molecule has 3 aromatic carbocycles. The molecule has 5 aromatic rings. The first-order valence-electron chi connectivity index (χ1n) is 10.0. The van der Waals surface area contributed by atoms with Crippen LogP contribution < -0.4 is 15.4 Å². The number of hydrogen-bond donors (Lipinski definition) is 2. The van der Waals surface area contributed by atoms with Crippen LogP contribution in [-0.4, -0.2) is 20.6 Å². The highest BCUT2D eigenvalue weighted by atomic mass is 16.5. The number of benzene rings is 3. The number of rotatable bonds is 5. The van der Waals surface area contributed by atoms with E-state index in [1.54, 1.807) is 30.3 Å². The molecule has 156 valence electrons. The number of aromatic nitrogens is 3. The first-order valence-corrected chi connectivity index (χ1v) is 10.0. The average Bonchev–Trinajstić information content (AvgIpc) is 3.36. The van der Waals surface area contributed by atoms with Crippen LogP contribution in [0.2, 0.25) is 0 Å². The Kier molecular flexibility index (Phi) is 5.20. The van der Waals surface area contributed by atoms with E-state index in [2.05, 4.69) is 20.6 Å². The summed E-state index contributed by atoms with van der Waals surface area (Å²) in [5.41, 5.74) is 1.37. The summed E-state index contributed by atoms with van der Waals surface area (Å²) in [4.78, 5) is 20.8. The number of nitrogens with zero attached hydrogens (tertiary/aromatic N) is 3. The molecule has 2 amide bonds. The van der Waals surface area contributed by atoms with Crippen LogP contribution in [0.25, 0.3) is 16.6 Å². The van der Waals surface area contributed by atoms with Crippen LogP contribution >= 0.6 is 0 Å². The second-order valence-electron chi connectivity index (χ2n) is 7.07. The maximum atomic E-state index is 12.4. The van der Waals surface area contributed by atoms with Crippen molar-refractivity contribution in [2.75, 3.05) is 10.6 Å². The molecule has 0 saturated carbocycles. The summed E-state index contributed by atoms with van der Waals surface area (Å²) in [5.74, 6) is 1.74. The third-order valence-electron chi connectivity index (χ3n) is 4.84. The number of fused-ring (bicyclic) bond motifs is 1. The van der Waals surface area contributed by atoms with E-state index in [0.29, 0.717) is 23.1 Å². The Morgan fingerprint density at radius 2 is 1.47 bits per heavy atom. The molecular weight excluding hydrogens is 402 g/mol. The van der Waals surface area contributed by atoms with Crippen LogP contribution in [0, 0.1) is 0 Å². The number of ether oxygens (including phenoxy) is 1. The van der Waals surface area contributed by atoms with Crippen LogP contribution in [0.5, 0.6) is 11.6 Å². The molecule has 0 aliphatic carbocycles. The molecule has 0 atom stereocenters. The summed E-state index contributed by atoms with van der Waals surface area (Å²) in [5, 5.41) is 7.87. The number of hydrogen-bond acceptors (Lipinski definition) is 4. The Bertz CT molecular complexity index is 1370. The van der Waals surface area contributed by atoms with E-state index in [1.807, 2.05) is 71.6 Å². The van der Waals surface area contributed by atoms with E-state index in [0.717, 1.165) is 16.5 Å². The van der Waals surface area contributed by atoms with Crippen molar-refractivity contribution < 1.29 is 9.53 Å². The molecule has 0 bridgehead atoms. The summed E-state index contributed by atoms with van der Waals surface area (Å²) in [7, 11) is 0. The second kappa shape index (κ2) is 8.61. The van der Waals surface area contributed by atoms with Crippen molar-refractivity contribution in [3.63, 3.8) is 0 Å². The first-order chi connectivity index (χ1) is 15.7. The van der Waals surface area contributed by atoms with E-state index >= 15 is 0 Å². The van der Waals surface area contributed by atoms with Crippen LogP contribution in [0.15, 0.2) is 104 Å². The lowest BCUT2D eigenvalue weighted by Gasteiger charge is -2.10. The first kappa shape index (κ1) is 19.3. The molecule has 0 aliphatic heterocycles. The fourth-order valence-corrected chi connectivity index (χ4v) is 3.30. The van der Waals surface area contributed by atoms with Crippen molar-refractivity contribution in [3.8, 4) is 17.4 Å². The van der Waals surface area contributed by atoms with Gasteiger partial charge in [-0.2, -0.15) is 0 Å². The number of carbonyl (C=O) groups excluding carboxylic acids is 1. The molecule has 0 spiro atoms. The van der Waals surface area contributed by atoms with E-state index in [4.69, 9.17) is 4.74 Å². The van der Waals surface area contributed by atoms with Crippen LogP contribution in [0.3, 0.4) is 0 Å². The Labute approximate surface area is 184 Å². The van der Waals surface area contributed by atoms with Crippen molar-refractivity contribution in [3.05, 3.63) is 104 Å². The lowest BCUT2D eigenvalue weighted by Crippen LogP contribution is -2.19. The van der Waals surface area contributed by atoms with Crippen LogP contribution in [0.1, 0.15) is 0 Å². The van der Waals surface area contributed by atoms with Gasteiger partial charge in [-0.25, -0.2) is 14.8 Å². The quantitative estimate of drug-likeness (QED) is 0.373. The minimum absolute atomic E-state index is 0.318. The summed E-state index contributed by atoms with van der Waals surface area (Å²) < 4.78 is 7.69. The molecule has 0 saturated heterocycles. The molecule has 7 nitrogen and oxygen atoms in total. The predicted octanol–water partition coefficient (Wildman–Crippen LogP) is 5.86. The van der Waals surface area contributed by atoms with Gasteiger partial charge in [0.1, 0.15) is 17.9 Å². The third-order valence-corrected chi connectivity index (χ3v) is 4.84. The van der Waals surface area contributed by atoms with Crippen molar-refractivity contribution in [2.24, 2.45) is 0 Å². The topological polar surface area (TPSA) is 81.1 Å². The Morgan fingerprint density at radius 3 is 2.28 bits per heavy atom. The molecule has 7 heteroatoms. The number of anilines is 2. The minimum atomic E-state index is -0.318. The zero-order valence-corrected chi connectivity index (χ0v) is 17.0. The van der Waals surface area contributed by atoms with Gasteiger partial charge in [-0.05, 0) is 59.3 Å². The van der Waals surface area contributed by atoms with E-state index in [-0.39, 0.29) is 6.03 Å². The molecule has 2 aromatic heterocycles. The number of carbonyl (C=O) groups is 1. The molecule has 5 rings (SSSR count). The van der Waals surface area contributed by atoms with E-state index < -0.39 is 0 Å². The van der Waals surface area contributed by atoms with Gasteiger partial charge in [0.2, 0.25) is 5.88 Å². The largest absolute Gasteiger partial charge is 0.439 e. The van der Waals surface area contributed by atoms with Gasteiger partial charge < -0.3 is 19.9 Å². The fourth-order valence-electron chi connectivity index (χ4n) is 3.30. The van der Waals surface area contributed by atoms with E-state index in [1.165, 1.54) is 6.33 Å². The maximum absolute atomic E-state index is 12.4. The zero-order valence-electron chi connectivity index (χ0n) is 17.0. The molecule has 2 heterocycles. The monoisotopic (exact) mass is 421 g/mol. The average molecular weight is 421 g/mol. The van der Waals surface area contributed by atoms with Crippen LogP contribution in [-0.2, 0) is 0 Å². The summed E-state index contributed by atoms with van der Waals surface area (Å²) in [6, 6.07) is 26.1. The summed E-state index contributed by atoms with van der Waals surface area (Å²) >= 11 is 0. The van der Waals surface area contributed by atoms with Gasteiger partial charge in [-0.3, -0.25) is 0 Å². The van der Waals surface area contributed by atoms with Gasteiger partial charge >= 0.3 is 6.03 Å². The molecule has 2 N–H and O–H groups in total. The highest BCUT2D eigenvalue weighted by molar-refractivity contribution is 6.01. The van der Waals surface area contributed by atoms with Crippen molar-refractivity contribution >= 4 is 28.2 Å². The molecule has 0 radical (unpaired) electrons. The minimum Gasteiger partial charge on any atom is -0.439 e. The number of urea groups is 1. The molecule has 0 aliphatic rings. The fraction of sp³-hybridized carbons (Fsp3) is 0. The normalized spacial score (nSPS) is 10.6. The van der Waals surface area contributed by atoms with E-state index in [9.17, 15) is 4.79 Å². The lowest BCUT2D eigenvalue weighted by molar-refractivity contribution is 0.262. The Morgan fingerprint density at radius 1 is 0.750 bits per heavy atom. The number of nitrogens with one attached hydrogen (secondary N) is 2. The summed E-state index contributed by atoms with van der Waals surface area (Å²) in [6.07, 6.45) is 5.25. The zero-order chi connectivity index (χ0) is 21.8. The lowest BCUT2D eigenvalue weighted by atomic mass is 10.1. The molecule has 0 fully saturated rings. The second-order valence-corrected chi connectivity index (χ2v) is 7.07. The van der Waals surface area contributed by atoms with Gasteiger partial charge in [-0.15, -0.1) is 0 Å².